The third-order valence-corrected chi connectivity index (χ3v) is 17.3. The van der Waals surface area contributed by atoms with Gasteiger partial charge in [0.2, 0.25) is 0 Å². The maximum atomic E-state index is 7.01. The molecule has 3 aliphatic carbocycles. The predicted octanol–water partition coefficient (Wildman–Crippen LogP) is 19.5. The van der Waals surface area contributed by atoms with E-state index < -0.39 is 0 Å². The van der Waals surface area contributed by atoms with Crippen molar-refractivity contribution >= 4 is 60.9 Å². The van der Waals surface area contributed by atoms with Crippen molar-refractivity contribution in [2.75, 3.05) is 4.90 Å². The molecule has 0 spiro atoms. The molecule has 0 radical (unpaired) electrons. The SMILES string of the molecule is Cc1ccc(-c2cc3c(c4c2oc2ccccc24)-c2ccc(N(c4ccc(-c5ccccc5)cc4)c4ccc5c(c4)C(C)(C)c4c6c(c7oc8ccccc8c7c4-5)-c4ccccc4C6(C)C)cc2C3(C)C)cc1. The van der Waals surface area contributed by atoms with Crippen LogP contribution in [-0.4, -0.2) is 0 Å². The second-order valence-corrected chi connectivity index (χ2v) is 22.4. The maximum absolute atomic E-state index is 7.01. The summed E-state index contributed by atoms with van der Waals surface area (Å²) in [7, 11) is 0. The van der Waals surface area contributed by atoms with Crippen LogP contribution in [0.25, 0.3) is 99.5 Å². The van der Waals surface area contributed by atoms with Crippen LogP contribution in [0.3, 0.4) is 0 Å². The molecule has 73 heavy (non-hydrogen) atoms. The Morgan fingerprint density at radius 1 is 0.342 bits per heavy atom. The summed E-state index contributed by atoms with van der Waals surface area (Å²) in [5.74, 6) is 0. The van der Waals surface area contributed by atoms with E-state index in [2.05, 4.69) is 247 Å². The van der Waals surface area contributed by atoms with Crippen molar-refractivity contribution in [1.82, 2.24) is 0 Å². The normalized spacial score (nSPS) is 15.1. The van der Waals surface area contributed by atoms with Crippen LogP contribution < -0.4 is 4.90 Å². The number of benzene rings is 10. The molecular weight excluding hydrogens is 887 g/mol. The van der Waals surface area contributed by atoms with Crippen molar-refractivity contribution in [1.29, 1.82) is 0 Å². The van der Waals surface area contributed by atoms with Gasteiger partial charge in [-0.2, -0.15) is 0 Å². The van der Waals surface area contributed by atoms with Crippen molar-refractivity contribution < 1.29 is 8.83 Å². The summed E-state index contributed by atoms with van der Waals surface area (Å²) in [4.78, 5) is 2.49. The van der Waals surface area contributed by atoms with Gasteiger partial charge in [-0.1, -0.05) is 187 Å². The monoisotopic (exact) mass is 939 g/mol. The van der Waals surface area contributed by atoms with Gasteiger partial charge in [0, 0.05) is 66.0 Å². The maximum Gasteiger partial charge on any atom is 0.144 e. The Kier molecular flexibility index (Phi) is 8.47. The average Bonchev–Trinajstić information content (AvgIpc) is 4.17. The fourth-order valence-corrected chi connectivity index (χ4v) is 13.7. The lowest BCUT2D eigenvalue weighted by Crippen LogP contribution is -2.24. The van der Waals surface area contributed by atoms with Crippen LogP contribution in [0.2, 0.25) is 0 Å². The first-order chi connectivity index (χ1) is 35.4. The minimum Gasteiger partial charge on any atom is -0.455 e. The Hall–Kier alpha value is -8.40. The second kappa shape index (κ2) is 14.6. The van der Waals surface area contributed by atoms with E-state index >= 15 is 0 Å². The van der Waals surface area contributed by atoms with Crippen LogP contribution in [0.1, 0.15) is 80.5 Å². The van der Waals surface area contributed by atoms with Crippen molar-refractivity contribution in [2.24, 2.45) is 0 Å². The fourth-order valence-electron chi connectivity index (χ4n) is 13.7. The van der Waals surface area contributed by atoms with Gasteiger partial charge in [0.1, 0.15) is 22.3 Å². The third kappa shape index (κ3) is 5.65. The first-order valence-electron chi connectivity index (χ1n) is 25.8. The van der Waals surface area contributed by atoms with Crippen LogP contribution in [0.5, 0.6) is 0 Å². The number of anilines is 3. The van der Waals surface area contributed by atoms with Gasteiger partial charge in [0.25, 0.3) is 0 Å². The first-order valence-corrected chi connectivity index (χ1v) is 25.8. The molecule has 3 nitrogen and oxygen atoms in total. The van der Waals surface area contributed by atoms with Gasteiger partial charge in [-0.15, -0.1) is 0 Å². The van der Waals surface area contributed by atoms with Gasteiger partial charge in [0.05, 0.1) is 0 Å². The minimum absolute atomic E-state index is 0.234. The van der Waals surface area contributed by atoms with Crippen molar-refractivity contribution in [3.05, 3.63) is 233 Å². The number of para-hydroxylation sites is 2. The molecule has 3 heteroatoms. The zero-order valence-electron chi connectivity index (χ0n) is 42.2. The van der Waals surface area contributed by atoms with Crippen LogP contribution in [0, 0.1) is 6.92 Å². The van der Waals surface area contributed by atoms with Gasteiger partial charge < -0.3 is 13.7 Å². The zero-order valence-corrected chi connectivity index (χ0v) is 42.2. The molecule has 0 saturated carbocycles. The predicted molar refractivity (Wildman–Crippen MR) is 304 cm³/mol. The largest absolute Gasteiger partial charge is 0.455 e. The molecular formula is C70H53NO2. The highest BCUT2D eigenvalue weighted by Crippen LogP contribution is 2.64. The molecule has 350 valence electrons. The summed E-state index contributed by atoms with van der Waals surface area (Å²) in [5, 5.41) is 4.72. The smallest absolute Gasteiger partial charge is 0.144 e. The lowest BCUT2D eigenvalue weighted by atomic mass is 9.72. The van der Waals surface area contributed by atoms with E-state index in [1.807, 2.05) is 0 Å². The number of fused-ring (bicyclic) bond motifs is 19. The Morgan fingerprint density at radius 2 is 0.836 bits per heavy atom. The van der Waals surface area contributed by atoms with Crippen molar-refractivity contribution in [3.8, 4) is 55.6 Å². The van der Waals surface area contributed by atoms with Crippen molar-refractivity contribution in [2.45, 2.75) is 64.7 Å². The van der Waals surface area contributed by atoms with Gasteiger partial charge in [-0.25, -0.2) is 0 Å². The Morgan fingerprint density at radius 3 is 1.52 bits per heavy atom. The highest BCUT2D eigenvalue weighted by atomic mass is 16.3. The lowest BCUT2D eigenvalue weighted by Gasteiger charge is -2.32. The molecule has 0 fully saturated rings. The third-order valence-electron chi connectivity index (χ3n) is 17.3. The Labute approximate surface area is 426 Å². The molecule has 0 aliphatic heterocycles. The lowest BCUT2D eigenvalue weighted by molar-refractivity contribution is 0.600. The highest BCUT2D eigenvalue weighted by molar-refractivity contribution is 6.21. The van der Waals surface area contributed by atoms with Gasteiger partial charge in [0.15, 0.2) is 0 Å². The quantitative estimate of drug-likeness (QED) is 0.172. The standard InChI is InChI=1S/C70H53NO2/c1-40-25-27-43(28-26-40)52-39-56-59(61-50-20-12-15-23-57(50)72-66(52)61)48-35-33-45(37-54(48)68(56,2)3)71(44-31-29-42(30-32-44)41-17-9-8-10-18-41)46-34-36-49-55(38-46)70(6,7)64-60(49)62-51-21-13-16-24-58(51)73-67(62)63-47-19-11-14-22-53(47)69(4,5)65(63)64/h8-39H,1-7H3. The summed E-state index contributed by atoms with van der Waals surface area (Å²) < 4.78 is 13.9. The molecule has 15 rings (SSSR count). The summed E-state index contributed by atoms with van der Waals surface area (Å²) in [6.07, 6.45) is 0. The molecule has 0 atom stereocenters. The summed E-state index contributed by atoms with van der Waals surface area (Å²) in [5.41, 5.74) is 27.9. The average molecular weight is 940 g/mol. The van der Waals surface area contributed by atoms with Crippen LogP contribution in [0.15, 0.2) is 203 Å². The van der Waals surface area contributed by atoms with E-state index in [1.54, 1.807) is 0 Å². The van der Waals surface area contributed by atoms with Gasteiger partial charge in [-0.3, -0.25) is 0 Å². The summed E-state index contributed by atoms with van der Waals surface area (Å²) >= 11 is 0. The minimum atomic E-state index is -0.338. The highest BCUT2D eigenvalue weighted by Gasteiger charge is 2.49. The van der Waals surface area contributed by atoms with E-state index in [9.17, 15) is 0 Å². The zero-order chi connectivity index (χ0) is 49.3. The topological polar surface area (TPSA) is 29.5 Å². The van der Waals surface area contributed by atoms with E-state index in [4.69, 9.17) is 8.83 Å². The Bertz CT molecular complexity index is 4330. The molecule has 0 bridgehead atoms. The molecule has 2 heterocycles. The molecule has 12 aromatic rings. The first kappa shape index (κ1) is 42.3. The number of aryl methyl sites for hydroxylation is 1. The number of rotatable bonds is 5. The van der Waals surface area contributed by atoms with Crippen LogP contribution in [-0.2, 0) is 16.2 Å². The van der Waals surface area contributed by atoms with Crippen molar-refractivity contribution in [3.63, 3.8) is 0 Å². The molecule has 10 aromatic carbocycles. The van der Waals surface area contributed by atoms with E-state index in [-0.39, 0.29) is 16.2 Å². The molecule has 3 aliphatic rings. The molecule has 2 aromatic heterocycles. The van der Waals surface area contributed by atoms with Crippen LogP contribution in [0.4, 0.5) is 17.1 Å². The number of nitrogens with zero attached hydrogens (tertiary/aromatic N) is 1. The van der Waals surface area contributed by atoms with E-state index in [1.165, 1.54) is 99.6 Å². The number of hydrogen-bond acceptors (Lipinski definition) is 3. The number of furan rings is 2. The van der Waals surface area contributed by atoms with Gasteiger partial charge in [-0.05, 0) is 139 Å². The molecule has 0 unspecified atom stereocenters. The molecule has 0 N–H and O–H groups in total. The fraction of sp³-hybridized carbons (Fsp3) is 0.143. The second-order valence-electron chi connectivity index (χ2n) is 22.4. The summed E-state index contributed by atoms with van der Waals surface area (Å²) in [6.45, 7) is 16.7. The van der Waals surface area contributed by atoms with E-state index in [0.29, 0.717) is 0 Å². The number of hydrogen-bond donors (Lipinski definition) is 0. The Balaban J connectivity index is 0.950. The van der Waals surface area contributed by atoms with Crippen LogP contribution >= 0.6 is 0 Å². The van der Waals surface area contributed by atoms with E-state index in [0.717, 1.165) is 55.9 Å². The summed E-state index contributed by atoms with van der Waals surface area (Å²) in [6, 6.07) is 71.8. The molecule has 0 amide bonds. The molecule has 0 saturated heterocycles. The van der Waals surface area contributed by atoms with Gasteiger partial charge >= 0.3 is 0 Å².